The van der Waals surface area contributed by atoms with Crippen LogP contribution >= 0.6 is 38.9 Å². The smallest absolute Gasteiger partial charge is 0.269 e. The van der Waals surface area contributed by atoms with Gasteiger partial charge in [-0.2, -0.15) is 0 Å². The highest BCUT2D eigenvalue weighted by atomic mass is 79.9. The molecule has 0 fully saturated rings. The second kappa shape index (κ2) is 5.07. The fourth-order valence-corrected chi connectivity index (χ4v) is 3.30. The molecule has 3 aromatic rings. The summed E-state index contributed by atoms with van der Waals surface area (Å²) in [5, 5.41) is 3.43. The van der Waals surface area contributed by atoms with Crippen molar-refractivity contribution in [2.24, 2.45) is 0 Å². The average molecular weight is 356 g/mol. The summed E-state index contributed by atoms with van der Waals surface area (Å²) in [5.74, 6) is 0. The van der Waals surface area contributed by atoms with Gasteiger partial charge >= 0.3 is 0 Å². The first-order valence-corrected chi connectivity index (χ1v) is 7.57. The van der Waals surface area contributed by atoms with Crippen LogP contribution in [0.15, 0.2) is 45.2 Å². The standard InChI is InChI=1S/C13H8BrClN2OS/c14-11-12(15)16-7-17(13(11)18)5-8-6-19-10-4-2-1-3-9(8)10/h1-4,6-7H,5H2. The number of nitrogens with zero attached hydrogens (tertiary/aromatic N) is 2. The molecule has 0 saturated carbocycles. The highest BCUT2D eigenvalue weighted by Gasteiger charge is 2.09. The molecule has 0 unspecified atom stereocenters. The Bertz CT molecular complexity index is 812. The molecule has 0 spiro atoms. The van der Waals surface area contributed by atoms with E-state index in [4.69, 9.17) is 11.6 Å². The Morgan fingerprint density at radius 2 is 2.16 bits per heavy atom. The van der Waals surface area contributed by atoms with Gasteiger partial charge in [-0.05, 0) is 38.3 Å². The van der Waals surface area contributed by atoms with Crippen LogP contribution in [0.2, 0.25) is 5.15 Å². The first kappa shape index (κ1) is 12.8. The number of halogens is 2. The molecule has 19 heavy (non-hydrogen) atoms. The van der Waals surface area contributed by atoms with Crippen molar-refractivity contribution in [1.29, 1.82) is 0 Å². The zero-order valence-electron chi connectivity index (χ0n) is 9.64. The second-order valence-electron chi connectivity index (χ2n) is 4.04. The predicted molar refractivity (Wildman–Crippen MR) is 82.1 cm³/mol. The van der Waals surface area contributed by atoms with E-state index in [0.717, 1.165) is 5.56 Å². The molecule has 2 aromatic heterocycles. The van der Waals surface area contributed by atoms with E-state index in [0.29, 0.717) is 11.0 Å². The number of hydrogen-bond donors (Lipinski definition) is 0. The van der Waals surface area contributed by atoms with E-state index in [2.05, 4.69) is 38.4 Å². The summed E-state index contributed by atoms with van der Waals surface area (Å²) in [6.45, 7) is 0.492. The van der Waals surface area contributed by atoms with Crippen LogP contribution in [-0.4, -0.2) is 9.55 Å². The quantitative estimate of drug-likeness (QED) is 0.653. The van der Waals surface area contributed by atoms with Crippen LogP contribution in [-0.2, 0) is 6.54 Å². The molecule has 96 valence electrons. The minimum absolute atomic E-state index is 0.171. The molecular weight excluding hydrogens is 348 g/mol. The van der Waals surface area contributed by atoms with Crippen molar-refractivity contribution >= 4 is 49.0 Å². The van der Waals surface area contributed by atoms with Gasteiger partial charge in [0.25, 0.3) is 5.56 Å². The first-order chi connectivity index (χ1) is 9.16. The molecule has 0 atom stereocenters. The third kappa shape index (κ3) is 2.33. The fourth-order valence-electron chi connectivity index (χ4n) is 1.90. The zero-order chi connectivity index (χ0) is 13.4. The van der Waals surface area contributed by atoms with E-state index in [1.54, 1.807) is 15.9 Å². The van der Waals surface area contributed by atoms with E-state index in [1.165, 1.54) is 16.4 Å². The van der Waals surface area contributed by atoms with Gasteiger partial charge in [-0.25, -0.2) is 4.98 Å². The molecular formula is C13H8BrClN2OS. The van der Waals surface area contributed by atoms with Crippen molar-refractivity contribution in [2.75, 3.05) is 0 Å². The van der Waals surface area contributed by atoms with Gasteiger partial charge in [-0.15, -0.1) is 11.3 Å². The molecule has 0 N–H and O–H groups in total. The third-order valence-electron chi connectivity index (χ3n) is 2.84. The van der Waals surface area contributed by atoms with Gasteiger partial charge in [-0.3, -0.25) is 9.36 Å². The van der Waals surface area contributed by atoms with Gasteiger partial charge in [0.05, 0.1) is 12.9 Å². The molecule has 2 heterocycles. The number of aromatic nitrogens is 2. The maximum absolute atomic E-state index is 12.0. The van der Waals surface area contributed by atoms with E-state index >= 15 is 0 Å². The number of benzene rings is 1. The summed E-state index contributed by atoms with van der Waals surface area (Å²) in [4.78, 5) is 16.0. The summed E-state index contributed by atoms with van der Waals surface area (Å²) >= 11 is 10.6. The molecule has 0 saturated heterocycles. The Kier molecular flexibility index (Phi) is 3.43. The van der Waals surface area contributed by atoms with Crippen molar-refractivity contribution < 1.29 is 0 Å². The van der Waals surface area contributed by atoms with Gasteiger partial charge < -0.3 is 0 Å². The van der Waals surface area contributed by atoms with Crippen molar-refractivity contribution in [2.45, 2.75) is 6.54 Å². The maximum atomic E-state index is 12.0. The van der Waals surface area contributed by atoms with E-state index in [9.17, 15) is 4.79 Å². The van der Waals surface area contributed by atoms with Crippen LogP contribution < -0.4 is 5.56 Å². The van der Waals surface area contributed by atoms with E-state index in [1.807, 2.05) is 12.1 Å². The number of hydrogen-bond acceptors (Lipinski definition) is 3. The topological polar surface area (TPSA) is 34.9 Å². The SMILES string of the molecule is O=c1c(Br)c(Cl)ncn1Cc1csc2ccccc12. The zero-order valence-corrected chi connectivity index (χ0v) is 12.8. The molecule has 6 heteroatoms. The Morgan fingerprint density at radius 3 is 3.00 bits per heavy atom. The number of fused-ring (bicyclic) bond motifs is 1. The van der Waals surface area contributed by atoms with Gasteiger partial charge in [0.15, 0.2) is 5.15 Å². The molecule has 3 rings (SSSR count). The number of thiophene rings is 1. The van der Waals surface area contributed by atoms with Gasteiger partial charge in [0.2, 0.25) is 0 Å². The Labute approximate surface area is 126 Å². The summed E-state index contributed by atoms with van der Waals surface area (Å²) in [5.41, 5.74) is 0.939. The normalized spacial score (nSPS) is 11.1. The van der Waals surface area contributed by atoms with Crippen molar-refractivity contribution in [3.05, 3.63) is 61.5 Å². The molecule has 0 aliphatic heterocycles. The van der Waals surface area contributed by atoms with Crippen LogP contribution in [0.1, 0.15) is 5.56 Å². The second-order valence-corrected chi connectivity index (χ2v) is 6.10. The molecule has 0 bridgehead atoms. The summed E-state index contributed by atoms with van der Waals surface area (Å²) < 4.78 is 3.06. The summed E-state index contributed by atoms with van der Waals surface area (Å²) in [6, 6.07) is 8.14. The van der Waals surface area contributed by atoms with Gasteiger partial charge in [0.1, 0.15) is 4.47 Å². The van der Waals surface area contributed by atoms with Gasteiger partial charge in [-0.1, -0.05) is 29.8 Å². The fraction of sp³-hybridized carbons (Fsp3) is 0.0769. The average Bonchev–Trinajstić information content (AvgIpc) is 2.83. The highest BCUT2D eigenvalue weighted by molar-refractivity contribution is 9.10. The first-order valence-electron chi connectivity index (χ1n) is 5.52. The van der Waals surface area contributed by atoms with Crippen molar-refractivity contribution in [3.63, 3.8) is 0 Å². The molecule has 0 aliphatic carbocycles. The maximum Gasteiger partial charge on any atom is 0.269 e. The van der Waals surface area contributed by atoms with Crippen LogP contribution in [0.5, 0.6) is 0 Å². The van der Waals surface area contributed by atoms with Crippen LogP contribution in [0.25, 0.3) is 10.1 Å². The third-order valence-corrected chi connectivity index (χ3v) is 5.08. The van der Waals surface area contributed by atoms with Crippen molar-refractivity contribution in [1.82, 2.24) is 9.55 Å². The molecule has 3 nitrogen and oxygen atoms in total. The van der Waals surface area contributed by atoms with Crippen LogP contribution in [0, 0.1) is 0 Å². The molecule has 0 amide bonds. The van der Waals surface area contributed by atoms with Gasteiger partial charge in [0, 0.05) is 4.70 Å². The lowest BCUT2D eigenvalue weighted by Gasteiger charge is -2.05. The Balaban J connectivity index is 2.07. The largest absolute Gasteiger partial charge is 0.294 e. The highest BCUT2D eigenvalue weighted by Crippen LogP contribution is 2.26. The Hall–Kier alpha value is -1.17. The van der Waals surface area contributed by atoms with Crippen LogP contribution in [0.4, 0.5) is 0 Å². The lowest BCUT2D eigenvalue weighted by atomic mass is 10.2. The predicted octanol–water partition coefficient (Wildman–Crippen LogP) is 3.92. The molecule has 0 radical (unpaired) electrons. The minimum Gasteiger partial charge on any atom is -0.294 e. The summed E-state index contributed by atoms with van der Waals surface area (Å²) in [7, 11) is 0. The minimum atomic E-state index is -0.171. The number of rotatable bonds is 2. The van der Waals surface area contributed by atoms with E-state index in [-0.39, 0.29) is 10.7 Å². The lowest BCUT2D eigenvalue weighted by Crippen LogP contribution is -2.21. The Morgan fingerprint density at radius 1 is 1.37 bits per heavy atom. The lowest BCUT2D eigenvalue weighted by molar-refractivity contribution is 0.736. The molecule has 1 aromatic carbocycles. The van der Waals surface area contributed by atoms with Crippen molar-refractivity contribution in [3.8, 4) is 0 Å². The van der Waals surface area contributed by atoms with E-state index < -0.39 is 0 Å². The molecule has 0 aliphatic rings. The van der Waals surface area contributed by atoms with Crippen LogP contribution in [0.3, 0.4) is 0 Å². The summed E-state index contributed by atoms with van der Waals surface area (Å²) in [6.07, 6.45) is 1.47. The monoisotopic (exact) mass is 354 g/mol.